The maximum atomic E-state index is 12.0. The summed E-state index contributed by atoms with van der Waals surface area (Å²) in [7, 11) is 1.70. The Morgan fingerprint density at radius 3 is 2.53 bits per heavy atom. The molecule has 1 rings (SSSR count). The molecular weight excluding hydrogens is 235 g/mol. The lowest BCUT2D eigenvalue weighted by Gasteiger charge is -2.13. The summed E-state index contributed by atoms with van der Waals surface area (Å²) in [6.07, 6.45) is -4.68. The van der Waals surface area contributed by atoms with E-state index in [4.69, 9.17) is 4.74 Å². The Morgan fingerprint density at radius 2 is 2.00 bits per heavy atom. The van der Waals surface area contributed by atoms with Crippen LogP contribution < -0.4 is 14.8 Å². The van der Waals surface area contributed by atoms with Gasteiger partial charge >= 0.3 is 6.36 Å². The molecule has 0 fully saturated rings. The molecule has 0 aromatic heterocycles. The molecule has 96 valence electrons. The zero-order chi connectivity index (χ0) is 12.9. The molecule has 0 aliphatic heterocycles. The van der Waals surface area contributed by atoms with E-state index in [0.717, 1.165) is 0 Å². The van der Waals surface area contributed by atoms with Gasteiger partial charge in [-0.2, -0.15) is 0 Å². The minimum absolute atomic E-state index is 0.244. The summed E-state index contributed by atoms with van der Waals surface area (Å²) in [5.74, 6) is 0.308. The molecule has 0 aliphatic rings. The SMILES string of the molecule is CCOc1ccc(OC(F)(F)F)cc1CNC. The molecule has 1 N–H and O–H groups in total. The van der Waals surface area contributed by atoms with Gasteiger partial charge in [0.05, 0.1) is 6.61 Å². The molecule has 0 bridgehead atoms. The number of hydrogen-bond donors (Lipinski definition) is 1. The Hall–Kier alpha value is -1.43. The van der Waals surface area contributed by atoms with Crippen LogP contribution in [0.5, 0.6) is 11.5 Å². The van der Waals surface area contributed by atoms with Gasteiger partial charge in [0.25, 0.3) is 0 Å². The molecule has 0 amide bonds. The molecule has 1 aromatic rings. The van der Waals surface area contributed by atoms with E-state index in [2.05, 4.69) is 10.1 Å². The van der Waals surface area contributed by atoms with Crippen LogP contribution >= 0.6 is 0 Å². The van der Waals surface area contributed by atoms with Gasteiger partial charge in [-0.3, -0.25) is 0 Å². The Bertz CT molecular complexity index is 366. The van der Waals surface area contributed by atoms with Crippen molar-refractivity contribution in [2.45, 2.75) is 19.8 Å². The molecule has 3 nitrogen and oxygen atoms in total. The van der Waals surface area contributed by atoms with Gasteiger partial charge < -0.3 is 14.8 Å². The molecule has 0 unspecified atom stereocenters. The third-order valence-electron chi connectivity index (χ3n) is 1.93. The first-order valence-electron chi connectivity index (χ1n) is 5.12. The predicted molar refractivity (Wildman–Crippen MR) is 57.1 cm³/mol. The number of alkyl halides is 3. The number of benzene rings is 1. The van der Waals surface area contributed by atoms with E-state index in [1.807, 2.05) is 6.92 Å². The van der Waals surface area contributed by atoms with E-state index >= 15 is 0 Å². The van der Waals surface area contributed by atoms with Gasteiger partial charge in [0.15, 0.2) is 0 Å². The minimum atomic E-state index is -4.68. The van der Waals surface area contributed by atoms with Gasteiger partial charge in [-0.05, 0) is 32.2 Å². The molecule has 17 heavy (non-hydrogen) atoms. The Labute approximate surface area is 97.5 Å². The monoisotopic (exact) mass is 249 g/mol. The van der Waals surface area contributed by atoms with Crippen molar-refractivity contribution in [2.24, 2.45) is 0 Å². The van der Waals surface area contributed by atoms with E-state index in [0.29, 0.717) is 24.5 Å². The number of halogens is 3. The molecule has 1 aromatic carbocycles. The predicted octanol–water partition coefficient (Wildman–Crippen LogP) is 2.70. The van der Waals surface area contributed by atoms with Gasteiger partial charge in [-0.1, -0.05) is 0 Å². The molecule has 0 aliphatic carbocycles. The largest absolute Gasteiger partial charge is 0.573 e. The second-order valence-electron chi connectivity index (χ2n) is 3.28. The lowest BCUT2D eigenvalue weighted by atomic mass is 10.2. The Morgan fingerprint density at radius 1 is 1.29 bits per heavy atom. The van der Waals surface area contributed by atoms with Crippen molar-refractivity contribution in [3.05, 3.63) is 23.8 Å². The number of hydrogen-bond acceptors (Lipinski definition) is 3. The van der Waals surface area contributed by atoms with E-state index < -0.39 is 6.36 Å². The third-order valence-corrected chi connectivity index (χ3v) is 1.93. The van der Waals surface area contributed by atoms with Crippen molar-refractivity contribution in [3.63, 3.8) is 0 Å². The Kier molecular flexibility index (Phi) is 4.62. The first kappa shape index (κ1) is 13.6. The van der Waals surface area contributed by atoms with E-state index in [-0.39, 0.29) is 5.75 Å². The van der Waals surface area contributed by atoms with Gasteiger partial charge in [0, 0.05) is 12.1 Å². The second-order valence-corrected chi connectivity index (χ2v) is 3.28. The highest BCUT2D eigenvalue weighted by Gasteiger charge is 2.31. The van der Waals surface area contributed by atoms with Crippen molar-refractivity contribution in [3.8, 4) is 11.5 Å². The van der Waals surface area contributed by atoms with Crippen molar-refractivity contribution >= 4 is 0 Å². The fraction of sp³-hybridized carbons (Fsp3) is 0.455. The normalized spacial score (nSPS) is 11.4. The average Bonchev–Trinajstić information content (AvgIpc) is 2.20. The second kappa shape index (κ2) is 5.77. The standard InChI is InChI=1S/C11H14F3NO2/c1-3-16-10-5-4-9(17-11(12,13)14)6-8(10)7-15-2/h4-6,15H,3,7H2,1-2H3. The number of ether oxygens (including phenoxy) is 2. The van der Waals surface area contributed by atoms with Crippen molar-refractivity contribution in [2.75, 3.05) is 13.7 Å². The van der Waals surface area contributed by atoms with Crippen LogP contribution in [0.25, 0.3) is 0 Å². The summed E-state index contributed by atoms with van der Waals surface area (Å²) in [6.45, 7) is 2.67. The highest BCUT2D eigenvalue weighted by Crippen LogP contribution is 2.28. The van der Waals surface area contributed by atoms with Crippen LogP contribution in [0.4, 0.5) is 13.2 Å². The van der Waals surface area contributed by atoms with E-state index in [9.17, 15) is 13.2 Å². The Balaban J connectivity index is 2.92. The maximum absolute atomic E-state index is 12.0. The summed E-state index contributed by atoms with van der Waals surface area (Å²) >= 11 is 0. The van der Waals surface area contributed by atoms with Crippen molar-refractivity contribution in [1.82, 2.24) is 5.32 Å². The molecule has 0 spiro atoms. The number of nitrogens with one attached hydrogen (secondary N) is 1. The van der Waals surface area contributed by atoms with Gasteiger partial charge in [0.2, 0.25) is 0 Å². The van der Waals surface area contributed by atoms with Crippen LogP contribution in [0, 0.1) is 0 Å². The smallest absolute Gasteiger partial charge is 0.494 e. The van der Waals surface area contributed by atoms with Gasteiger partial charge in [0.1, 0.15) is 11.5 Å². The van der Waals surface area contributed by atoms with Gasteiger partial charge in [-0.15, -0.1) is 13.2 Å². The highest BCUT2D eigenvalue weighted by atomic mass is 19.4. The fourth-order valence-corrected chi connectivity index (χ4v) is 1.38. The molecule has 6 heteroatoms. The van der Waals surface area contributed by atoms with Crippen LogP contribution in [-0.4, -0.2) is 20.0 Å². The summed E-state index contributed by atoms with van der Waals surface area (Å²) in [6, 6.07) is 4.02. The lowest BCUT2D eigenvalue weighted by molar-refractivity contribution is -0.274. The fourth-order valence-electron chi connectivity index (χ4n) is 1.38. The van der Waals surface area contributed by atoms with Gasteiger partial charge in [-0.25, -0.2) is 0 Å². The third kappa shape index (κ3) is 4.52. The average molecular weight is 249 g/mol. The molecule has 0 atom stereocenters. The molecule has 0 saturated heterocycles. The zero-order valence-electron chi connectivity index (χ0n) is 9.60. The topological polar surface area (TPSA) is 30.5 Å². The summed E-state index contributed by atoms with van der Waals surface area (Å²) in [5, 5.41) is 2.86. The number of rotatable bonds is 5. The first-order valence-corrected chi connectivity index (χ1v) is 5.12. The van der Waals surface area contributed by atoms with Crippen LogP contribution in [0.1, 0.15) is 12.5 Å². The van der Waals surface area contributed by atoms with Crippen LogP contribution in [0.15, 0.2) is 18.2 Å². The van der Waals surface area contributed by atoms with E-state index in [1.54, 1.807) is 7.05 Å². The van der Waals surface area contributed by atoms with Crippen molar-refractivity contribution in [1.29, 1.82) is 0 Å². The quantitative estimate of drug-likeness (QED) is 0.870. The molecular formula is C11H14F3NO2. The van der Waals surface area contributed by atoms with E-state index in [1.165, 1.54) is 18.2 Å². The first-order chi connectivity index (χ1) is 7.96. The van der Waals surface area contributed by atoms with Crippen molar-refractivity contribution < 1.29 is 22.6 Å². The zero-order valence-corrected chi connectivity index (χ0v) is 9.60. The molecule has 0 heterocycles. The van der Waals surface area contributed by atoms with Crippen LogP contribution in [0.3, 0.4) is 0 Å². The highest BCUT2D eigenvalue weighted by molar-refractivity contribution is 5.40. The summed E-state index contributed by atoms with van der Waals surface area (Å²) < 4.78 is 45.3. The maximum Gasteiger partial charge on any atom is 0.573 e. The lowest BCUT2D eigenvalue weighted by Crippen LogP contribution is -2.17. The summed E-state index contributed by atoms with van der Waals surface area (Å²) in [4.78, 5) is 0. The molecule has 0 saturated carbocycles. The van der Waals surface area contributed by atoms with Crippen LogP contribution in [0.2, 0.25) is 0 Å². The minimum Gasteiger partial charge on any atom is -0.494 e. The molecule has 0 radical (unpaired) electrons. The summed E-state index contributed by atoms with van der Waals surface area (Å²) in [5.41, 5.74) is 0.621. The van der Waals surface area contributed by atoms with Crippen LogP contribution in [-0.2, 0) is 6.54 Å².